The number of azo groups is 1. The fraction of sp³-hybridized carbons (Fsp3) is 0.0938. The van der Waals surface area contributed by atoms with Crippen molar-refractivity contribution in [2.24, 2.45) is 10.2 Å². The zero-order valence-corrected chi connectivity index (χ0v) is 21.7. The van der Waals surface area contributed by atoms with E-state index in [2.05, 4.69) is 38.9 Å². The van der Waals surface area contributed by atoms with E-state index in [0.29, 0.717) is 21.9 Å². The SMILES string of the molecule is C=c1[nH]n(-c2ccccc2)c(=O)/c1=C\c1ccc2c(c1)CCCN2c1ccc(N=Nc2ccc(O)c(O)c2)cc1. The minimum Gasteiger partial charge on any atom is -0.504 e. The summed E-state index contributed by atoms with van der Waals surface area (Å²) in [5.41, 5.74) is 6.13. The smallest absolute Gasteiger partial charge is 0.279 e. The highest BCUT2D eigenvalue weighted by molar-refractivity contribution is 5.71. The van der Waals surface area contributed by atoms with Gasteiger partial charge in [-0.1, -0.05) is 30.8 Å². The number of nitrogens with zero attached hydrogens (tertiary/aromatic N) is 4. The number of aromatic amines is 1. The number of nitrogens with one attached hydrogen (secondary N) is 1. The summed E-state index contributed by atoms with van der Waals surface area (Å²) in [7, 11) is 0. The monoisotopic (exact) mass is 529 g/mol. The van der Waals surface area contributed by atoms with Crippen molar-refractivity contribution in [3.63, 3.8) is 0 Å². The molecule has 1 aliphatic heterocycles. The van der Waals surface area contributed by atoms with E-state index < -0.39 is 0 Å². The van der Waals surface area contributed by atoms with Crippen molar-refractivity contribution in [2.75, 3.05) is 11.4 Å². The molecule has 0 atom stereocenters. The molecule has 3 N–H and O–H groups in total. The number of benzene rings is 4. The molecular formula is C32H27N5O3. The Kier molecular flexibility index (Phi) is 6.49. The summed E-state index contributed by atoms with van der Waals surface area (Å²) in [6.07, 6.45) is 3.86. The van der Waals surface area contributed by atoms with Gasteiger partial charge in [0.15, 0.2) is 11.5 Å². The number of fused-ring (bicyclic) bond motifs is 1. The van der Waals surface area contributed by atoms with Crippen molar-refractivity contribution in [3.05, 3.63) is 123 Å². The summed E-state index contributed by atoms with van der Waals surface area (Å²) >= 11 is 0. The van der Waals surface area contributed by atoms with Crippen LogP contribution in [0.5, 0.6) is 11.5 Å². The molecule has 0 fully saturated rings. The lowest BCUT2D eigenvalue weighted by molar-refractivity contribution is 0.404. The molecule has 4 aromatic carbocycles. The van der Waals surface area contributed by atoms with E-state index in [4.69, 9.17) is 0 Å². The lowest BCUT2D eigenvalue weighted by Crippen LogP contribution is -2.34. The van der Waals surface area contributed by atoms with E-state index in [-0.39, 0.29) is 17.1 Å². The number of aromatic hydroxyl groups is 2. The van der Waals surface area contributed by atoms with Gasteiger partial charge in [-0.2, -0.15) is 10.2 Å². The van der Waals surface area contributed by atoms with E-state index in [9.17, 15) is 15.0 Å². The van der Waals surface area contributed by atoms with Gasteiger partial charge in [0.25, 0.3) is 5.56 Å². The van der Waals surface area contributed by atoms with Gasteiger partial charge in [0.2, 0.25) is 0 Å². The first-order valence-electron chi connectivity index (χ1n) is 13.0. The Hall–Kier alpha value is -5.37. The van der Waals surface area contributed by atoms with E-state index in [0.717, 1.165) is 42.0 Å². The van der Waals surface area contributed by atoms with Gasteiger partial charge in [0.05, 0.1) is 27.6 Å². The van der Waals surface area contributed by atoms with Crippen molar-refractivity contribution in [1.82, 2.24) is 9.78 Å². The number of aryl methyl sites for hydroxylation is 1. The highest BCUT2D eigenvalue weighted by Gasteiger charge is 2.18. The molecule has 1 aliphatic rings. The van der Waals surface area contributed by atoms with Crippen molar-refractivity contribution in [1.29, 1.82) is 0 Å². The zero-order chi connectivity index (χ0) is 27.6. The van der Waals surface area contributed by atoms with Crippen LogP contribution in [0.2, 0.25) is 0 Å². The maximum Gasteiger partial charge on any atom is 0.279 e. The second kappa shape index (κ2) is 10.4. The Bertz CT molecular complexity index is 1890. The van der Waals surface area contributed by atoms with Crippen molar-refractivity contribution >= 4 is 35.4 Å². The van der Waals surface area contributed by atoms with Crippen LogP contribution in [0.4, 0.5) is 22.7 Å². The van der Waals surface area contributed by atoms with Crippen LogP contribution >= 0.6 is 0 Å². The van der Waals surface area contributed by atoms with Gasteiger partial charge in [0.1, 0.15) is 0 Å². The summed E-state index contributed by atoms with van der Waals surface area (Å²) in [6.45, 7) is 4.95. The quantitative estimate of drug-likeness (QED) is 0.212. The summed E-state index contributed by atoms with van der Waals surface area (Å²) in [4.78, 5) is 15.4. The number of phenols is 2. The molecule has 0 radical (unpaired) electrons. The second-order valence-electron chi connectivity index (χ2n) is 9.66. The number of H-pyrrole nitrogens is 1. The number of hydrogen-bond acceptors (Lipinski definition) is 6. The van der Waals surface area contributed by atoms with Gasteiger partial charge >= 0.3 is 0 Å². The van der Waals surface area contributed by atoms with Gasteiger partial charge in [-0.3, -0.25) is 9.89 Å². The molecule has 0 unspecified atom stereocenters. The molecule has 8 nitrogen and oxygen atoms in total. The number of aromatic nitrogens is 2. The Morgan fingerprint density at radius 3 is 2.35 bits per heavy atom. The number of hydrogen-bond donors (Lipinski definition) is 3. The molecule has 0 saturated heterocycles. The summed E-state index contributed by atoms with van der Waals surface area (Å²) in [5.74, 6) is -0.432. The molecule has 0 saturated carbocycles. The Morgan fingerprint density at radius 1 is 0.825 bits per heavy atom. The van der Waals surface area contributed by atoms with Crippen LogP contribution in [-0.4, -0.2) is 26.5 Å². The maximum atomic E-state index is 13.1. The molecule has 40 heavy (non-hydrogen) atoms. The number of para-hydroxylation sites is 1. The van der Waals surface area contributed by atoms with Gasteiger partial charge in [-0.05, 0) is 90.7 Å². The van der Waals surface area contributed by atoms with Crippen LogP contribution in [-0.2, 0) is 6.42 Å². The fourth-order valence-electron chi connectivity index (χ4n) is 4.93. The maximum absolute atomic E-state index is 13.1. The van der Waals surface area contributed by atoms with Crippen LogP contribution in [0.25, 0.3) is 18.3 Å². The third kappa shape index (κ3) is 4.90. The summed E-state index contributed by atoms with van der Waals surface area (Å²) in [6, 6.07) is 27.9. The highest BCUT2D eigenvalue weighted by atomic mass is 16.3. The molecule has 0 spiro atoms. The Balaban J connectivity index is 1.25. The summed E-state index contributed by atoms with van der Waals surface area (Å²) < 4.78 is 1.52. The standard InChI is InChI=1S/C32H27N5O3/c1-21-28(32(40)37(35-21)27-7-3-2-4-8-27)19-22-9-15-29-23(18-22)6-5-17-36(29)26-13-10-24(11-14-26)33-34-25-12-16-30(38)31(39)20-25/h2-4,7-16,18-20,35,38-39H,1,5-6,17H2/b28-19-,34-33?. The molecular weight excluding hydrogens is 502 g/mol. The molecule has 0 bridgehead atoms. The number of phenolic OH excluding ortho intramolecular Hbond substituents is 2. The minimum atomic E-state index is -0.236. The van der Waals surface area contributed by atoms with E-state index in [1.165, 1.54) is 22.4 Å². The zero-order valence-electron chi connectivity index (χ0n) is 21.7. The van der Waals surface area contributed by atoms with Gasteiger partial charge in [-0.25, -0.2) is 4.68 Å². The molecule has 198 valence electrons. The third-order valence-electron chi connectivity index (χ3n) is 6.95. The Morgan fingerprint density at radius 2 is 1.57 bits per heavy atom. The largest absolute Gasteiger partial charge is 0.504 e. The van der Waals surface area contributed by atoms with Crippen LogP contribution in [0.15, 0.2) is 106 Å². The van der Waals surface area contributed by atoms with Crippen LogP contribution in [0, 0.1) is 0 Å². The normalized spacial score (nSPS) is 13.6. The molecule has 1 aromatic heterocycles. The predicted octanol–water partition coefficient (Wildman–Crippen LogP) is 5.32. The molecule has 2 heterocycles. The average molecular weight is 530 g/mol. The van der Waals surface area contributed by atoms with Crippen molar-refractivity contribution in [2.45, 2.75) is 12.8 Å². The fourth-order valence-corrected chi connectivity index (χ4v) is 4.93. The van der Waals surface area contributed by atoms with Crippen LogP contribution in [0.1, 0.15) is 17.5 Å². The van der Waals surface area contributed by atoms with Gasteiger partial charge in [0, 0.05) is 24.0 Å². The summed E-state index contributed by atoms with van der Waals surface area (Å²) in [5, 5.41) is 31.7. The third-order valence-corrected chi connectivity index (χ3v) is 6.95. The topological polar surface area (TPSA) is 106 Å². The minimum absolute atomic E-state index is 0.130. The van der Waals surface area contributed by atoms with Crippen LogP contribution in [0.3, 0.4) is 0 Å². The second-order valence-corrected chi connectivity index (χ2v) is 9.66. The number of rotatable bonds is 5. The van der Waals surface area contributed by atoms with E-state index >= 15 is 0 Å². The molecule has 0 amide bonds. The molecule has 0 aliphatic carbocycles. The highest BCUT2D eigenvalue weighted by Crippen LogP contribution is 2.35. The van der Waals surface area contributed by atoms with E-state index in [1.54, 1.807) is 6.07 Å². The lowest BCUT2D eigenvalue weighted by Gasteiger charge is -2.31. The van der Waals surface area contributed by atoms with Crippen molar-refractivity contribution in [3.8, 4) is 17.2 Å². The molecule has 8 heteroatoms. The van der Waals surface area contributed by atoms with Crippen molar-refractivity contribution < 1.29 is 10.2 Å². The van der Waals surface area contributed by atoms with Gasteiger partial charge in [-0.15, -0.1) is 0 Å². The Labute approximate surface area is 230 Å². The first-order valence-corrected chi connectivity index (χ1v) is 13.0. The predicted molar refractivity (Wildman–Crippen MR) is 157 cm³/mol. The lowest BCUT2D eigenvalue weighted by atomic mass is 9.98. The van der Waals surface area contributed by atoms with Gasteiger partial charge < -0.3 is 15.1 Å². The van der Waals surface area contributed by atoms with Crippen LogP contribution < -0.4 is 21.0 Å². The first-order chi connectivity index (χ1) is 19.5. The number of anilines is 2. The average Bonchev–Trinajstić information content (AvgIpc) is 3.26. The first kappa shape index (κ1) is 24.9. The van der Waals surface area contributed by atoms with E-state index in [1.807, 2.05) is 66.7 Å². The molecule has 6 rings (SSSR count). The molecule has 5 aromatic rings.